The summed E-state index contributed by atoms with van der Waals surface area (Å²) >= 11 is 0. The van der Waals surface area contributed by atoms with Crippen molar-refractivity contribution in [2.75, 3.05) is 13.7 Å². The largest absolute Gasteiger partial charge is 0.496 e. The average molecular weight is 356 g/mol. The van der Waals surface area contributed by atoms with E-state index in [0.717, 1.165) is 37.6 Å². The molecule has 3 rings (SSSR count). The van der Waals surface area contributed by atoms with Crippen molar-refractivity contribution in [1.29, 1.82) is 0 Å². The van der Waals surface area contributed by atoms with Crippen LogP contribution in [0.4, 0.5) is 0 Å². The number of methoxy groups -OCH3 is 1. The lowest BCUT2D eigenvalue weighted by Gasteiger charge is -2.28. The van der Waals surface area contributed by atoms with E-state index in [4.69, 9.17) is 4.74 Å². The molecule has 2 heterocycles. The average Bonchev–Trinajstić information content (AvgIpc) is 3.01. The van der Waals surface area contributed by atoms with Crippen LogP contribution >= 0.6 is 0 Å². The van der Waals surface area contributed by atoms with Gasteiger partial charge in [-0.05, 0) is 25.5 Å². The van der Waals surface area contributed by atoms with Crippen LogP contribution in [0.3, 0.4) is 0 Å². The van der Waals surface area contributed by atoms with Gasteiger partial charge in [0.2, 0.25) is 5.91 Å². The molecule has 6 nitrogen and oxygen atoms in total. The molecule has 1 amide bonds. The van der Waals surface area contributed by atoms with Gasteiger partial charge < -0.3 is 10.1 Å². The molecule has 1 aromatic carbocycles. The van der Waals surface area contributed by atoms with E-state index in [-0.39, 0.29) is 5.91 Å². The first-order valence-electron chi connectivity index (χ1n) is 9.19. The number of hydrogen-bond acceptors (Lipinski definition) is 4. The third-order valence-corrected chi connectivity index (χ3v) is 4.81. The predicted molar refractivity (Wildman–Crippen MR) is 101 cm³/mol. The van der Waals surface area contributed by atoms with Crippen molar-refractivity contribution in [2.24, 2.45) is 0 Å². The molecule has 140 valence electrons. The number of aromatic nitrogens is 2. The summed E-state index contributed by atoms with van der Waals surface area (Å²) in [6.45, 7) is 10.1. The molecular formula is C20H28N4O2. The first kappa shape index (κ1) is 18.5. The third kappa shape index (κ3) is 4.07. The lowest BCUT2D eigenvalue weighted by Crippen LogP contribution is -2.33. The zero-order chi connectivity index (χ0) is 18.7. The van der Waals surface area contributed by atoms with Crippen molar-refractivity contribution >= 4 is 5.91 Å². The van der Waals surface area contributed by atoms with Crippen LogP contribution in [0.2, 0.25) is 0 Å². The molecule has 0 unspecified atom stereocenters. The van der Waals surface area contributed by atoms with E-state index in [2.05, 4.69) is 52.0 Å². The Labute approximate surface area is 155 Å². The van der Waals surface area contributed by atoms with Gasteiger partial charge in [-0.2, -0.15) is 5.10 Å². The van der Waals surface area contributed by atoms with Crippen LogP contribution in [-0.2, 0) is 31.0 Å². The molecule has 1 N–H and O–H groups in total. The first-order chi connectivity index (χ1) is 12.5. The number of hydrogen-bond donors (Lipinski definition) is 1. The number of nitrogens with zero attached hydrogens (tertiary/aromatic N) is 3. The van der Waals surface area contributed by atoms with Gasteiger partial charge in [-0.1, -0.05) is 24.6 Å². The van der Waals surface area contributed by atoms with Crippen LogP contribution in [0.5, 0.6) is 5.75 Å². The molecule has 0 atom stereocenters. The fraction of sp³-hybridized carbons (Fsp3) is 0.500. The van der Waals surface area contributed by atoms with Crippen molar-refractivity contribution in [1.82, 2.24) is 20.0 Å². The molecule has 0 saturated heterocycles. The number of benzene rings is 1. The number of nitrogens with one attached hydrogen (secondary N) is 1. The van der Waals surface area contributed by atoms with E-state index in [1.165, 1.54) is 22.4 Å². The minimum absolute atomic E-state index is 0.0551. The standard InChI is InChI=1S/C20H28N4O2/c1-5-19(25)21-11-17-10-18-13-23(6-7-24(18)22-17)12-16-9-14(2)8-15(3)20(16)26-4/h8-10H,5-7,11-13H2,1-4H3,(H,21,25). The molecule has 0 bridgehead atoms. The van der Waals surface area contributed by atoms with Crippen molar-refractivity contribution in [3.63, 3.8) is 0 Å². The maximum atomic E-state index is 11.4. The molecular weight excluding hydrogens is 328 g/mol. The Kier molecular flexibility index (Phi) is 5.61. The van der Waals surface area contributed by atoms with Crippen molar-refractivity contribution in [2.45, 2.75) is 53.4 Å². The van der Waals surface area contributed by atoms with Gasteiger partial charge in [0.15, 0.2) is 0 Å². The van der Waals surface area contributed by atoms with E-state index in [9.17, 15) is 4.79 Å². The summed E-state index contributed by atoms with van der Waals surface area (Å²) in [4.78, 5) is 13.9. The maximum absolute atomic E-state index is 11.4. The Hall–Kier alpha value is -2.34. The molecule has 0 fully saturated rings. The SMILES string of the molecule is CCC(=O)NCc1cc2n(n1)CCN(Cc1cc(C)cc(C)c1OC)C2. The molecule has 1 aliphatic rings. The van der Waals surface area contributed by atoms with Crippen molar-refractivity contribution in [3.8, 4) is 5.75 Å². The number of carbonyl (C=O) groups is 1. The van der Waals surface area contributed by atoms with Gasteiger partial charge in [-0.25, -0.2) is 0 Å². The number of ether oxygens (including phenoxy) is 1. The van der Waals surface area contributed by atoms with E-state index >= 15 is 0 Å². The third-order valence-electron chi connectivity index (χ3n) is 4.81. The molecule has 1 aromatic heterocycles. The Morgan fingerprint density at radius 3 is 2.81 bits per heavy atom. The van der Waals surface area contributed by atoms with E-state index in [0.29, 0.717) is 13.0 Å². The highest BCUT2D eigenvalue weighted by atomic mass is 16.5. The molecule has 6 heteroatoms. The quantitative estimate of drug-likeness (QED) is 0.864. The second-order valence-electron chi connectivity index (χ2n) is 6.97. The van der Waals surface area contributed by atoms with Gasteiger partial charge in [-0.3, -0.25) is 14.4 Å². The number of fused-ring (bicyclic) bond motifs is 1. The van der Waals surface area contributed by atoms with Crippen LogP contribution in [-0.4, -0.2) is 34.2 Å². The van der Waals surface area contributed by atoms with Crippen molar-refractivity contribution in [3.05, 3.63) is 46.3 Å². The van der Waals surface area contributed by atoms with E-state index < -0.39 is 0 Å². The van der Waals surface area contributed by atoms with Crippen LogP contribution in [0, 0.1) is 13.8 Å². The van der Waals surface area contributed by atoms with Gasteiger partial charge in [0, 0.05) is 31.6 Å². The molecule has 0 radical (unpaired) electrons. The lowest BCUT2D eigenvalue weighted by atomic mass is 10.0. The zero-order valence-corrected chi connectivity index (χ0v) is 16.1. The number of carbonyl (C=O) groups excluding carboxylic acids is 1. The van der Waals surface area contributed by atoms with Crippen LogP contribution < -0.4 is 10.1 Å². The van der Waals surface area contributed by atoms with Gasteiger partial charge in [0.1, 0.15) is 5.75 Å². The Morgan fingerprint density at radius 1 is 1.27 bits per heavy atom. The smallest absolute Gasteiger partial charge is 0.220 e. The number of aryl methyl sites for hydroxylation is 2. The fourth-order valence-electron chi connectivity index (χ4n) is 3.61. The van der Waals surface area contributed by atoms with Crippen LogP contribution in [0.1, 0.15) is 41.4 Å². The van der Waals surface area contributed by atoms with E-state index in [1.54, 1.807) is 7.11 Å². The monoisotopic (exact) mass is 356 g/mol. The first-order valence-corrected chi connectivity index (χ1v) is 9.19. The highest BCUT2D eigenvalue weighted by Gasteiger charge is 2.20. The Morgan fingerprint density at radius 2 is 2.08 bits per heavy atom. The molecule has 26 heavy (non-hydrogen) atoms. The normalized spacial score (nSPS) is 14.2. The topological polar surface area (TPSA) is 59.4 Å². The zero-order valence-electron chi connectivity index (χ0n) is 16.1. The lowest BCUT2D eigenvalue weighted by molar-refractivity contribution is -0.120. The fourth-order valence-corrected chi connectivity index (χ4v) is 3.61. The molecule has 2 aromatic rings. The summed E-state index contributed by atoms with van der Waals surface area (Å²) in [6, 6.07) is 6.47. The molecule has 1 aliphatic heterocycles. The molecule has 0 saturated carbocycles. The summed E-state index contributed by atoms with van der Waals surface area (Å²) < 4.78 is 7.68. The maximum Gasteiger partial charge on any atom is 0.220 e. The highest BCUT2D eigenvalue weighted by molar-refractivity contribution is 5.75. The second-order valence-corrected chi connectivity index (χ2v) is 6.97. The summed E-state index contributed by atoms with van der Waals surface area (Å²) in [5.41, 5.74) is 5.79. The Balaban J connectivity index is 1.69. The van der Waals surface area contributed by atoms with Crippen LogP contribution in [0.25, 0.3) is 0 Å². The van der Waals surface area contributed by atoms with E-state index in [1.807, 2.05) is 6.92 Å². The summed E-state index contributed by atoms with van der Waals surface area (Å²) in [7, 11) is 1.74. The summed E-state index contributed by atoms with van der Waals surface area (Å²) in [6.07, 6.45) is 0.499. The highest BCUT2D eigenvalue weighted by Crippen LogP contribution is 2.27. The van der Waals surface area contributed by atoms with Gasteiger partial charge in [0.05, 0.1) is 31.6 Å². The summed E-state index contributed by atoms with van der Waals surface area (Å²) in [5, 5.41) is 7.50. The summed E-state index contributed by atoms with van der Waals surface area (Å²) in [5.74, 6) is 1.04. The minimum atomic E-state index is 0.0551. The molecule has 0 aliphatic carbocycles. The second kappa shape index (κ2) is 7.91. The van der Waals surface area contributed by atoms with Gasteiger partial charge in [0.25, 0.3) is 0 Å². The van der Waals surface area contributed by atoms with Gasteiger partial charge >= 0.3 is 0 Å². The van der Waals surface area contributed by atoms with Crippen LogP contribution in [0.15, 0.2) is 18.2 Å². The minimum Gasteiger partial charge on any atom is -0.496 e. The predicted octanol–water partition coefficient (Wildman–Crippen LogP) is 2.55. The van der Waals surface area contributed by atoms with Crippen molar-refractivity contribution < 1.29 is 9.53 Å². The molecule has 0 spiro atoms. The van der Waals surface area contributed by atoms with Gasteiger partial charge in [-0.15, -0.1) is 0 Å². The Bertz CT molecular complexity index is 797. The number of amides is 1. The number of rotatable bonds is 6.